The van der Waals surface area contributed by atoms with Crippen LogP contribution in [0.4, 0.5) is 0 Å². The highest BCUT2D eigenvalue weighted by atomic mass is 28.4. The van der Waals surface area contributed by atoms with Gasteiger partial charge in [-0.3, -0.25) is 0 Å². The first-order chi connectivity index (χ1) is 6.83. The molecule has 4 heteroatoms. The van der Waals surface area contributed by atoms with Crippen molar-refractivity contribution in [2.75, 3.05) is 6.61 Å². The summed E-state index contributed by atoms with van der Waals surface area (Å²) in [4.78, 5) is 4.00. The van der Waals surface area contributed by atoms with E-state index in [1.165, 1.54) is 0 Å². The topological polar surface area (TPSA) is 27.1 Å². The van der Waals surface area contributed by atoms with Gasteiger partial charge in [-0.15, -0.1) is 0 Å². The molecule has 0 unspecified atom stereocenters. The molecule has 0 saturated carbocycles. The van der Waals surface area contributed by atoms with Crippen LogP contribution >= 0.6 is 0 Å². The molecule has 0 aromatic carbocycles. The summed E-state index contributed by atoms with van der Waals surface area (Å²) < 4.78 is 8.11. The zero-order valence-electron chi connectivity index (χ0n) is 10.4. The van der Waals surface area contributed by atoms with Gasteiger partial charge in [-0.2, -0.15) is 0 Å². The van der Waals surface area contributed by atoms with E-state index in [0.717, 1.165) is 13.2 Å². The molecule has 0 atom stereocenters. The summed E-state index contributed by atoms with van der Waals surface area (Å²) in [5, 5.41) is 0.294. The van der Waals surface area contributed by atoms with E-state index in [2.05, 4.69) is 38.8 Å². The van der Waals surface area contributed by atoms with Crippen LogP contribution in [0.3, 0.4) is 0 Å². The van der Waals surface area contributed by atoms with E-state index in [0.29, 0.717) is 5.04 Å². The monoisotopic (exact) mass is 226 g/mol. The molecule has 0 N–H and O–H groups in total. The minimum Gasteiger partial charge on any atom is -0.415 e. The smallest absolute Gasteiger partial charge is 0.192 e. The predicted octanol–water partition coefficient (Wildman–Crippen LogP) is 2.90. The van der Waals surface area contributed by atoms with Gasteiger partial charge in [0, 0.05) is 18.9 Å². The Kier molecular flexibility index (Phi) is 3.73. The first kappa shape index (κ1) is 12.5. The van der Waals surface area contributed by atoms with Gasteiger partial charge in [0.25, 0.3) is 0 Å². The number of nitrogens with zero attached hydrogens (tertiary/aromatic N) is 2. The standard InChI is InChI=1S/C11H22N2OSi/c1-11(2,3)15(4,5)14-9-8-13-7-6-12-10-13/h6-7,10H,8-9H2,1-5H3. The number of rotatable bonds is 4. The van der Waals surface area contributed by atoms with Gasteiger partial charge in [0.1, 0.15) is 0 Å². The second-order valence-electron chi connectivity index (χ2n) is 5.41. The third-order valence-corrected chi connectivity index (χ3v) is 7.72. The minimum absolute atomic E-state index is 0.294. The Bertz CT molecular complexity index is 288. The normalized spacial score (nSPS) is 13.1. The van der Waals surface area contributed by atoms with Crippen LogP contribution in [0.15, 0.2) is 18.7 Å². The van der Waals surface area contributed by atoms with Gasteiger partial charge in [0.15, 0.2) is 8.32 Å². The first-order valence-electron chi connectivity index (χ1n) is 5.43. The second kappa shape index (κ2) is 4.49. The van der Waals surface area contributed by atoms with Gasteiger partial charge in [0.2, 0.25) is 0 Å². The average Bonchev–Trinajstić information content (AvgIpc) is 2.54. The van der Waals surface area contributed by atoms with Crippen molar-refractivity contribution in [3.63, 3.8) is 0 Å². The summed E-state index contributed by atoms with van der Waals surface area (Å²) >= 11 is 0. The highest BCUT2D eigenvalue weighted by Gasteiger charge is 2.36. The van der Waals surface area contributed by atoms with Crippen LogP contribution in [0.5, 0.6) is 0 Å². The molecule has 0 aliphatic rings. The molecule has 3 nitrogen and oxygen atoms in total. The van der Waals surface area contributed by atoms with Crippen LogP contribution in [-0.4, -0.2) is 24.5 Å². The minimum atomic E-state index is -1.57. The van der Waals surface area contributed by atoms with Crippen molar-refractivity contribution in [2.24, 2.45) is 0 Å². The fraction of sp³-hybridized carbons (Fsp3) is 0.727. The Balaban J connectivity index is 2.37. The number of imidazole rings is 1. The van der Waals surface area contributed by atoms with E-state index in [1.54, 1.807) is 6.20 Å². The van der Waals surface area contributed by atoms with Crippen LogP contribution in [0, 0.1) is 0 Å². The largest absolute Gasteiger partial charge is 0.415 e. The quantitative estimate of drug-likeness (QED) is 0.738. The fourth-order valence-corrected chi connectivity index (χ4v) is 2.08. The summed E-state index contributed by atoms with van der Waals surface area (Å²) in [6.07, 6.45) is 5.59. The third kappa shape index (κ3) is 3.46. The molecule has 0 fully saturated rings. The molecule has 15 heavy (non-hydrogen) atoms. The molecule has 1 aromatic rings. The summed E-state index contributed by atoms with van der Waals surface area (Å²) in [5.41, 5.74) is 0. The highest BCUT2D eigenvalue weighted by molar-refractivity contribution is 6.74. The second-order valence-corrected chi connectivity index (χ2v) is 10.2. The lowest BCUT2D eigenvalue weighted by atomic mass is 10.2. The van der Waals surface area contributed by atoms with Crippen molar-refractivity contribution in [3.05, 3.63) is 18.7 Å². The lowest BCUT2D eigenvalue weighted by Gasteiger charge is -2.36. The maximum Gasteiger partial charge on any atom is 0.192 e. The lowest BCUT2D eigenvalue weighted by molar-refractivity contribution is 0.271. The fourth-order valence-electron chi connectivity index (χ4n) is 1.04. The molecular formula is C11H22N2OSi. The van der Waals surface area contributed by atoms with Crippen LogP contribution in [0.1, 0.15) is 20.8 Å². The summed E-state index contributed by atoms with van der Waals surface area (Å²) in [7, 11) is -1.57. The van der Waals surface area contributed by atoms with Crippen molar-refractivity contribution in [1.82, 2.24) is 9.55 Å². The van der Waals surface area contributed by atoms with Gasteiger partial charge < -0.3 is 8.99 Å². The Hall–Kier alpha value is -0.613. The molecule has 0 aliphatic heterocycles. The van der Waals surface area contributed by atoms with E-state index in [9.17, 15) is 0 Å². The van der Waals surface area contributed by atoms with Gasteiger partial charge in [-0.25, -0.2) is 4.98 Å². The predicted molar refractivity (Wildman–Crippen MR) is 65.4 cm³/mol. The van der Waals surface area contributed by atoms with Crippen molar-refractivity contribution in [1.29, 1.82) is 0 Å². The van der Waals surface area contributed by atoms with Gasteiger partial charge >= 0.3 is 0 Å². The van der Waals surface area contributed by atoms with Crippen LogP contribution in [-0.2, 0) is 11.0 Å². The Morgan fingerprint density at radius 1 is 1.33 bits per heavy atom. The van der Waals surface area contributed by atoms with Crippen molar-refractivity contribution >= 4 is 8.32 Å². The van der Waals surface area contributed by atoms with Crippen LogP contribution in [0.25, 0.3) is 0 Å². The van der Waals surface area contributed by atoms with Crippen molar-refractivity contribution in [3.8, 4) is 0 Å². The lowest BCUT2D eigenvalue weighted by Crippen LogP contribution is -2.41. The van der Waals surface area contributed by atoms with E-state index in [1.807, 2.05) is 17.1 Å². The van der Waals surface area contributed by atoms with Crippen LogP contribution in [0.2, 0.25) is 18.1 Å². The molecule has 0 radical (unpaired) electrons. The Labute approximate surface area is 93.6 Å². The molecule has 0 spiro atoms. The van der Waals surface area contributed by atoms with Crippen molar-refractivity contribution in [2.45, 2.75) is 45.4 Å². The molecule has 86 valence electrons. The first-order valence-corrected chi connectivity index (χ1v) is 8.33. The summed E-state index contributed by atoms with van der Waals surface area (Å²) in [6, 6.07) is 0. The van der Waals surface area contributed by atoms with Gasteiger partial charge in [0.05, 0.1) is 12.9 Å². The Morgan fingerprint density at radius 2 is 2.00 bits per heavy atom. The SMILES string of the molecule is CC(C)(C)[Si](C)(C)OCCn1ccnc1. The molecule has 0 amide bonds. The maximum absolute atomic E-state index is 6.06. The number of hydrogen-bond donors (Lipinski definition) is 0. The number of aromatic nitrogens is 2. The van der Waals surface area contributed by atoms with Gasteiger partial charge in [-0.1, -0.05) is 20.8 Å². The molecule has 0 saturated heterocycles. The molecule has 0 bridgehead atoms. The molecule has 0 aliphatic carbocycles. The summed E-state index contributed by atoms with van der Waals surface area (Å²) in [6.45, 7) is 13.0. The van der Waals surface area contributed by atoms with E-state index >= 15 is 0 Å². The molecular weight excluding hydrogens is 204 g/mol. The third-order valence-electron chi connectivity index (χ3n) is 3.18. The van der Waals surface area contributed by atoms with E-state index in [-0.39, 0.29) is 0 Å². The summed E-state index contributed by atoms with van der Waals surface area (Å²) in [5.74, 6) is 0. The average molecular weight is 226 g/mol. The highest BCUT2D eigenvalue weighted by Crippen LogP contribution is 2.36. The van der Waals surface area contributed by atoms with Gasteiger partial charge in [-0.05, 0) is 18.1 Å². The molecule has 1 aromatic heterocycles. The molecule has 1 rings (SSSR count). The zero-order chi connectivity index (χ0) is 11.5. The zero-order valence-corrected chi connectivity index (χ0v) is 11.4. The molecule has 1 heterocycles. The maximum atomic E-state index is 6.06. The van der Waals surface area contributed by atoms with E-state index < -0.39 is 8.32 Å². The Morgan fingerprint density at radius 3 is 2.47 bits per heavy atom. The number of hydrogen-bond acceptors (Lipinski definition) is 2. The van der Waals surface area contributed by atoms with Crippen LogP contribution < -0.4 is 0 Å². The van der Waals surface area contributed by atoms with E-state index in [4.69, 9.17) is 4.43 Å². The van der Waals surface area contributed by atoms with Crippen molar-refractivity contribution < 1.29 is 4.43 Å².